The van der Waals surface area contributed by atoms with Gasteiger partial charge < -0.3 is 4.74 Å². The van der Waals surface area contributed by atoms with E-state index < -0.39 is 0 Å². The van der Waals surface area contributed by atoms with Gasteiger partial charge in [0.05, 0.1) is 5.02 Å². The summed E-state index contributed by atoms with van der Waals surface area (Å²) in [4.78, 5) is 0. The van der Waals surface area contributed by atoms with E-state index in [0.29, 0.717) is 16.7 Å². The molecule has 2 rings (SSSR count). The molecule has 0 bridgehead atoms. The molecular formula is C15H14Cl2O. The predicted octanol–water partition coefficient (Wildman–Crippen LogP) is 5.09. The quantitative estimate of drug-likeness (QED) is 0.694. The van der Waals surface area contributed by atoms with E-state index in [-0.39, 0.29) is 6.10 Å². The Morgan fingerprint density at radius 3 is 2.28 bits per heavy atom. The second-order valence-corrected chi connectivity index (χ2v) is 4.71. The van der Waals surface area contributed by atoms with Crippen molar-refractivity contribution in [3.8, 4) is 5.75 Å². The lowest BCUT2D eigenvalue weighted by Crippen LogP contribution is -2.08. The van der Waals surface area contributed by atoms with Crippen LogP contribution in [-0.4, -0.2) is 5.88 Å². The van der Waals surface area contributed by atoms with Gasteiger partial charge in [-0.1, -0.05) is 54.1 Å². The molecule has 0 amide bonds. The Kier molecular flexibility index (Phi) is 4.91. The van der Waals surface area contributed by atoms with Crippen molar-refractivity contribution in [3.05, 3.63) is 65.2 Å². The minimum Gasteiger partial charge on any atom is -0.484 e. The van der Waals surface area contributed by atoms with E-state index in [1.807, 2.05) is 54.6 Å². The van der Waals surface area contributed by atoms with Gasteiger partial charge in [-0.25, -0.2) is 0 Å². The zero-order valence-electron chi connectivity index (χ0n) is 9.85. The molecule has 0 heterocycles. The van der Waals surface area contributed by atoms with Crippen molar-refractivity contribution in [3.63, 3.8) is 0 Å². The highest BCUT2D eigenvalue weighted by atomic mass is 35.5. The van der Waals surface area contributed by atoms with Crippen LogP contribution in [0.4, 0.5) is 0 Å². The lowest BCUT2D eigenvalue weighted by atomic mass is 10.1. The minimum atomic E-state index is -0.0661. The zero-order valence-corrected chi connectivity index (χ0v) is 11.4. The van der Waals surface area contributed by atoms with Crippen LogP contribution in [0.5, 0.6) is 5.75 Å². The third-order valence-electron chi connectivity index (χ3n) is 2.65. The molecule has 2 aromatic carbocycles. The van der Waals surface area contributed by atoms with E-state index in [4.69, 9.17) is 27.9 Å². The maximum Gasteiger partial charge on any atom is 0.138 e. The third kappa shape index (κ3) is 3.41. The highest BCUT2D eigenvalue weighted by Crippen LogP contribution is 2.30. The van der Waals surface area contributed by atoms with E-state index in [0.717, 1.165) is 12.0 Å². The molecule has 1 nitrogen and oxygen atoms in total. The molecule has 0 radical (unpaired) electrons. The molecule has 1 atom stereocenters. The Morgan fingerprint density at radius 2 is 1.61 bits per heavy atom. The lowest BCUT2D eigenvalue weighted by molar-refractivity contribution is 0.202. The van der Waals surface area contributed by atoms with Crippen LogP contribution in [0, 0.1) is 0 Å². The third-order valence-corrected chi connectivity index (χ3v) is 3.18. The van der Waals surface area contributed by atoms with Gasteiger partial charge in [0, 0.05) is 12.3 Å². The molecule has 0 spiro atoms. The average molecular weight is 281 g/mol. The SMILES string of the molecule is ClCCC(Oc1ccccc1Cl)c1ccccc1. The largest absolute Gasteiger partial charge is 0.484 e. The summed E-state index contributed by atoms with van der Waals surface area (Å²) in [7, 11) is 0. The first kappa shape index (κ1) is 13.3. The van der Waals surface area contributed by atoms with Gasteiger partial charge >= 0.3 is 0 Å². The van der Waals surface area contributed by atoms with Crippen LogP contribution >= 0.6 is 23.2 Å². The van der Waals surface area contributed by atoms with Gasteiger partial charge in [-0.3, -0.25) is 0 Å². The van der Waals surface area contributed by atoms with E-state index in [1.165, 1.54) is 0 Å². The highest BCUT2D eigenvalue weighted by Gasteiger charge is 2.13. The summed E-state index contributed by atoms with van der Waals surface area (Å²) in [5, 5.41) is 0.619. The standard InChI is InChI=1S/C15H14Cl2O/c16-11-10-14(12-6-2-1-3-7-12)18-15-9-5-4-8-13(15)17/h1-9,14H,10-11H2. The van der Waals surface area contributed by atoms with Crippen molar-refractivity contribution < 1.29 is 4.74 Å². The van der Waals surface area contributed by atoms with Gasteiger partial charge in [0.25, 0.3) is 0 Å². The number of hydrogen-bond acceptors (Lipinski definition) is 1. The maximum atomic E-state index is 6.10. The summed E-state index contributed by atoms with van der Waals surface area (Å²) in [5.74, 6) is 1.24. The van der Waals surface area contributed by atoms with Gasteiger partial charge in [0.1, 0.15) is 11.9 Å². The summed E-state index contributed by atoms with van der Waals surface area (Å²) in [6.07, 6.45) is 0.681. The molecule has 3 heteroatoms. The molecule has 2 aromatic rings. The van der Waals surface area contributed by atoms with Crippen molar-refractivity contribution in [1.29, 1.82) is 0 Å². The molecule has 0 saturated heterocycles. The topological polar surface area (TPSA) is 9.23 Å². The number of para-hydroxylation sites is 1. The van der Waals surface area contributed by atoms with E-state index in [1.54, 1.807) is 0 Å². The van der Waals surface area contributed by atoms with Gasteiger partial charge in [-0.15, -0.1) is 11.6 Å². The Bertz CT molecular complexity index is 485. The lowest BCUT2D eigenvalue weighted by Gasteiger charge is -2.19. The van der Waals surface area contributed by atoms with Gasteiger partial charge in [0.2, 0.25) is 0 Å². The van der Waals surface area contributed by atoms with Gasteiger partial charge in [0.15, 0.2) is 0 Å². The first-order valence-electron chi connectivity index (χ1n) is 5.83. The van der Waals surface area contributed by atoms with Gasteiger partial charge in [-0.2, -0.15) is 0 Å². The summed E-state index contributed by atoms with van der Waals surface area (Å²) in [6, 6.07) is 17.5. The molecule has 0 fully saturated rings. The number of rotatable bonds is 5. The zero-order chi connectivity index (χ0) is 12.8. The summed E-state index contributed by atoms with van der Waals surface area (Å²) in [5.41, 5.74) is 1.11. The first-order valence-corrected chi connectivity index (χ1v) is 6.74. The molecule has 18 heavy (non-hydrogen) atoms. The smallest absolute Gasteiger partial charge is 0.138 e. The Morgan fingerprint density at radius 1 is 0.944 bits per heavy atom. The second kappa shape index (κ2) is 6.67. The predicted molar refractivity (Wildman–Crippen MR) is 76.6 cm³/mol. The molecular weight excluding hydrogens is 267 g/mol. The van der Waals surface area contributed by atoms with Crippen LogP contribution in [0.25, 0.3) is 0 Å². The Hall–Kier alpha value is -1.18. The number of hydrogen-bond donors (Lipinski definition) is 0. The number of alkyl halides is 1. The normalized spacial score (nSPS) is 12.1. The van der Waals surface area contributed by atoms with Crippen molar-refractivity contribution in [2.75, 3.05) is 5.88 Å². The number of benzene rings is 2. The number of ether oxygens (including phenoxy) is 1. The molecule has 0 aliphatic heterocycles. The summed E-state index contributed by atoms with van der Waals surface area (Å²) < 4.78 is 5.96. The summed E-state index contributed by atoms with van der Waals surface area (Å²) in [6.45, 7) is 0. The fraction of sp³-hybridized carbons (Fsp3) is 0.200. The van der Waals surface area contributed by atoms with Crippen LogP contribution in [0.1, 0.15) is 18.1 Å². The van der Waals surface area contributed by atoms with E-state index >= 15 is 0 Å². The van der Waals surface area contributed by atoms with Crippen LogP contribution in [-0.2, 0) is 0 Å². The van der Waals surface area contributed by atoms with Crippen LogP contribution in [0.2, 0.25) is 5.02 Å². The molecule has 0 aromatic heterocycles. The van der Waals surface area contributed by atoms with Crippen molar-refractivity contribution in [2.45, 2.75) is 12.5 Å². The van der Waals surface area contributed by atoms with E-state index in [9.17, 15) is 0 Å². The summed E-state index contributed by atoms with van der Waals surface area (Å²) >= 11 is 11.9. The molecule has 0 saturated carbocycles. The van der Waals surface area contributed by atoms with Crippen molar-refractivity contribution in [1.82, 2.24) is 0 Å². The molecule has 0 aliphatic carbocycles. The minimum absolute atomic E-state index is 0.0661. The highest BCUT2D eigenvalue weighted by molar-refractivity contribution is 6.32. The fourth-order valence-corrected chi connectivity index (χ4v) is 2.13. The molecule has 0 aliphatic rings. The number of halogens is 2. The fourth-order valence-electron chi connectivity index (χ4n) is 1.75. The molecule has 94 valence electrons. The molecule has 1 unspecified atom stereocenters. The first-order chi connectivity index (χ1) is 8.81. The van der Waals surface area contributed by atoms with Crippen LogP contribution in [0.15, 0.2) is 54.6 Å². The monoisotopic (exact) mass is 280 g/mol. The Labute approximate surface area is 117 Å². The van der Waals surface area contributed by atoms with Crippen LogP contribution in [0.3, 0.4) is 0 Å². The van der Waals surface area contributed by atoms with Crippen molar-refractivity contribution in [2.24, 2.45) is 0 Å². The Balaban J connectivity index is 2.19. The van der Waals surface area contributed by atoms with E-state index in [2.05, 4.69) is 0 Å². The van der Waals surface area contributed by atoms with Gasteiger partial charge in [-0.05, 0) is 17.7 Å². The second-order valence-electron chi connectivity index (χ2n) is 3.93. The average Bonchev–Trinajstić information content (AvgIpc) is 2.42. The van der Waals surface area contributed by atoms with Crippen molar-refractivity contribution >= 4 is 23.2 Å². The van der Waals surface area contributed by atoms with Crippen LogP contribution < -0.4 is 4.74 Å². The molecule has 0 N–H and O–H groups in total. The maximum absolute atomic E-state index is 6.10.